The number of rotatable bonds is 6. The Morgan fingerprint density at radius 3 is 2.32 bits per heavy atom. The Balaban J connectivity index is 1.99. The van der Waals surface area contributed by atoms with Crippen molar-refractivity contribution >= 4 is 27.5 Å². The van der Waals surface area contributed by atoms with Crippen LogP contribution in [0.1, 0.15) is 19.3 Å². The van der Waals surface area contributed by atoms with E-state index < -0.39 is 10.0 Å². The van der Waals surface area contributed by atoms with Crippen LogP contribution in [0.15, 0.2) is 29.2 Å². The van der Waals surface area contributed by atoms with Crippen molar-refractivity contribution in [3.8, 4) is 0 Å². The molecule has 2 N–H and O–H groups in total. The van der Waals surface area contributed by atoms with Crippen LogP contribution in [0.4, 0.5) is 5.69 Å². The van der Waals surface area contributed by atoms with Gasteiger partial charge >= 0.3 is 0 Å². The molecule has 0 aromatic heterocycles. The van der Waals surface area contributed by atoms with Gasteiger partial charge < -0.3 is 5.32 Å². The summed E-state index contributed by atoms with van der Waals surface area (Å²) < 4.78 is 25.9. The highest BCUT2D eigenvalue weighted by Gasteiger charge is 2.35. The molecule has 0 unspecified atom stereocenters. The molecule has 0 spiro atoms. The van der Waals surface area contributed by atoms with Crippen molar-refractivity contribution in [1.29, 1.82) is 0 Å². The molecule has 1 aromatic carbocycles. The molecule has 1 aliphatic carbocycles. The van der Waals surface area contributed by atoms with E-state index in [1.165, 1.54) is 26.3 Å². The molecule has 0 amide bonds. The minimum atomic E-state index is -3.34. The van der Waals surface area contributed by atoms with Gasteiger partial charge in [0.15, 0.2) is 0 Å². The number of hydrogen-bond donors (Lipinski definition) is 2. The van der Waals surface area contributed by atoms with Gasteiger partial charge in [-0.05, 0) is 50.4 Å². The van der Waals surface area contributed by atoms with Crippen molar-refractivity contribution in [1.82, 2.24) is 4.72 Å². The Kier molecular flexibility index (Phi) is 4.43. The second kappa shape index (κ2) is 5.73. The molecule has 0 aliphatic heterocycles. The fourth-order valence-corrected chi connectivity index (χ4v) is 3.80. The zero-order chi connectivity index (χ0) is 13.9. The SMILES string of the molecule is CNS(=O)(=O)c1ccc(NCC2(SC)CCC2)cc1. The summed E-state index contributed by atoms with van der Waals surface area (Å²) in [6.45, 7) is 0.937. The normalized spacial score (nSPS) is 17.8. The maximum atomic E-state index is 11.6. The molecule has 19 heavy (non-hydrogen) atoms. The van der Waals surface area contributed by atoms with E-state index in [9.17, 15) is 8.42 Å². The van der Waals surface area contributed by atoms with Crippen LogP contribution < -0.4 is 10.0 Å². The molecule has 0 radical (unpaired) electrons. The van der Waals surface area contributed by atoms with E-state index in [2.05, 4.69) is 16.3 Å². The Hall–Kier alpha value is -0.720. The lowest BCUT2D eigenvalue weighted by Crippen LogP contribution is -2.40. The molecule has 2 rings (SSSR count). The molecule has 4 nitrogen and oxygen atoms in total. The van der Waals surface area contributed by atoms with Gasteiger partial charge in [-0.2, -0.15) is 11.8 Å². The van der Waals surface area contributed by atoms with Crippen LogP contribution in [-0.4, -0.2) is 33.0 Å². The highest BCUT2D eigenvalue weighted by Crippen LogP contribution is 2.42. The van der Waals surface area contributed by atoms with E-state index in [1.807, 2.05) is 23.9 Å². The molecule has 1 aromatic rings. The van der Waals surface area contributed by atoms with E-state index in [0.717, 1.165) is 12.2 Å². The van der Waals surface area contributed by atoms with Crippen molar-refractivity contribution in [2.45, 2.75) is 28.9 Å². The van der Waals surface area contributed by atoms with Crippen LogP contribution in [0.2, 0.25) is 0 Å². The number of anilines is 1. The highest BCUT2D eigenvalue weighted by atomic mass is 32.2. The van der Waals surface area contributed by atoms with Gasteiger partial charge in [-0.3, -0.25) is 0 Å². The van der Waals surface area contributed by atoms with E-state index in [1.54, 1.807) is 12.1 Å². The quantitative estimate of drug-likeness (QED) is 0.846. The lowest BCUT2D eigenvalue weighted by molar-refractivity contribution is 0.380. The number of benzene rings is 1. The van der Waals surface area contributed by atoms with Crippen molar-refractivity contribution in [2.24, 2.45) is 0 Å². The van der Waals surface area contributed by atoms with Crippen LogP contribution in [0.3, 0.4) is 0 Å². The predicted octanol–water partition coefficient (Wildman–Crippen LogP) is 2.29. The molecular formula is C13H20N2O2S2. The first-order valence-electron chi connectivity index (χ1n) is 6.34. The smallest absolute Gasteiger partial charge is 0.240 e. The molecule has 0 bridgehead atoms. The van der Waals surface area contributed by atoms with Gasteiger partial charge in [-0.25, -0.2) is 13.1 Å². The highest BCUT2D eigenvalue weighted by molar-refractivity contribution is 8.00. The first-order chi connectivity index (χ1) is 9.01. The topological polar surface area (TPSA) is 58.2 Å². The summed E-state index contributed by atoms with van der Waals surface area (Å²) in [6, 6.07) is 6.88. The maximum Gasteiger partial charge on any atom is 0.240 e. The number of sulfonamides is 1. The zero-order valence-corrected chi connectivity index (χ0v) is 12.9. The Morgan fingerprint density at radius 2 is 1.89 bits per heavy atom. The van der Waals surface area contributed by atoms with Gasteiger partial charge in [0.1, 0.15) is 0 Å². The summed E-state index contributed by atoms with van der Waals surface area (Å²) in [4.78, 5) is 0.295. The standard InChI is InChI=1S/C13H20N2O2S2/c1-14-19(16,17)12-6-4-11(5-7-12)15-10-13(18-2)8-3-9-13/h4-7,14-15H,3,8-10H2,1-2H3. The third-order valence-electron chi connectivity index (χ3n) is 3.75. The van der Waals surface area contributed by atoms with Gasteiger partial charge in [0, 0.05) is 17.0 Å². The van der Waals surface area contributed by atoms with Crippen molar-refractivity contribution in [2.75, 3.05) is 25.2 Å². The van der Waals surface area contributed by atoms with Gasteiger partial charge in [0.05, 0.1) is 4.90 Å². The lowest BCUT2D eigenvalue weighted by Gasteiger charge is -2.40. The van der Waals surface area contributed by atoms with Crippen LogP contribution in [0, 0.1) is 0 Å². The van der Waals surface area contributed by atoms with Crippen LogP contribution in [-0.2, 0) is 10.0 Å². The Labute approximate surface area is 119 Å². The summed E-state index contributed by atoms with van der Waals surface area (Å²) in [5.41, 5.74) is 0.968. The van der Waals surface area contributed by atoms with Gasteiger partial charge in [0.2, 0.25) is 10.0 Å². The van der Waals surface area contributed by atoms with Crippen molar-refractivity contribution < 1.29 is 8.42 Å². The minimum absolute atomic E-state index is 0.295. The molecular weight excluding hydrogens is 280 g/mol. The van der Waals surface area contributed by atoms with Crippen molar-refractivity contribution in [3.63, 3.8) is 0 Å². The monoisotopic (exact) mass is 300 g/mol. The predicted molar refractivity (Wildman–Crippen MR) is 81.3 cm³/mol. The third-order valence-corrected chi connectivity index (χ3v) is 6.59. The second-order valence-corrected chi connectivity index (χ2v) is 7.99. The molecule has 1 fully saturated rings. The average molecular weight is 300 g/mol. The fraction of sp³-hybridized carbons (Fsp3) is 0.538. The Morgan fingerprint density at radius 1 is 1.26 bits per heavy atom. The second-order valence-electron chi connectivity index (χ2n) is 4.83. The van der Waals surface area contributed by atoms with Crippen LogP contribution in [0.5, 0.6) is 0 Å². The molecule has 0 saturated heterocycles. The molecule has 0 atom stereocenters. The number of thioether (sulfide) groups is 1. The Bertz CT molecular complexity index is 517. The summed E-state index contributed by atoms with van der Waals surface area (Å²) in [5.74, 6) is 0. The maximum absolute atomic E-state index is 11.6. The molecule has 1 aliphatic rings. The van der Waals surface area contributed by atoms with Crippen molar-refractivity contribution in [3.05, 3.63) is 24.3 Å². The summed E-state index contributed by atoms with van der Waals surface area (Å²) in [5, 5.41) is 3.40. The van der Waals surface area contributed by atoms with E-state index in [4.69, 9.17) is 0 Å². The fourth-order valence-electron chi connectivity index (χ4n) is 2.16. The number of hydrogen-bond acceptors (Lipinski definition) is 4. The van der Waals surface area contributed by atoms with Gasteiger partial charge in [-0.15, -0.1) is 0 Å². The summed E-state index contributed by atoms with van der Waals surface area (Å²) >= 11 is 1.92. The molecule has 0 heterocycles. The minimum Gasteiger partial charge on any atom is -0.384 e. The van der Waals surface area contributed by atoms with Crippen LogP contribution in [0.25, 0.3) is 0 Å². The molecule has 6 heteroatoms. The average Bonchev–Trinajstić information content (AvgIpc) is 2.38. The number of nitrogens with one attached hydrogen (secondary N) is 2. The van der Waals surface area contributed by atoms with Gasteiger partial charge in [-0.1, -0.05) is 6.42 Å². The summed E-state index contributed by atoms with van der Waals surface area (Å²) in [7, 11) is -1.92. The summed E-state index contributed by atoms with van der Waals surface area (Å²) in [6.07, 6.45) is 5.98. The van der Waals surface area contributed by atoms with Gasteiger partial charge in [0.25, 0.3) is 0 Å². The van der Waals surface area contributed by atoms with Crippen LogP contribution >= 0.6 is 11.8 Å². The van der Waals surface area contributed by atoms with E-state index >= 15 is 0 Å². The first kappa shape index (κ1) is 14.7. The lowest BCUT2D eigenvalue weighted by atomic mass is 9.84. The first-order valence-corrected chi connectivity index (χ1v) is 9.05. The molecule has 106 valence electrons. The zero-order valence-electron chi connectivity index (χ0n) is 11.3. The third kappa shape index (κ3) is 3.24. The van der Waals surface area contributed by atoms with E-state index in [-0.39, 0.29) is 0 Å². The van der Waals surface area contributed by atoms with E-state index in [0.29, 0.717) is 9.64 Å². The largest absolute Gasteiger partial charge is 0.384 e. The molecule has 1 saturated carbocycles.